The van der Waals surface area contributed by atoms with Crippen molar-refractivity contribution >= 4 is 12.4 Å². The second-order valence-corrected chi connectivity index (χ2v) is 1.87. The first kappa shape index (κ1) is 13.6. The van der Waals surface area contributed by atoms with Gasteiger partial charge in [-0.2, -0.15) is 13.2 Å². The van der Waals surface area contributed by atoms with Crippen molar-refractivity contribution in [2.45, 2.75) is 19.2 Å². The molecule has 0 aliphatic carbocycles. The van der Waals surface area contributed by atoms with E-state index in [9.17, 15) is 13.2 Å². The maximum Gasteiger partial charge on any atom is 0.415 e. The molecule has 0 rings (SSSR count). The van der Waals surface area contributed by atoms with Gasteiger partial charge in [-0.05, 0) is 6.54 Å². The Kier molecular flexibility index (Phi) is 6.94. The molecule has 0 radical (unpaired) electrons. The SMILES string of the molecule is CCNC[C@@H](O)C(F)(F)F.Cl. The molecule has 0 fully saturated rings. The summed E-state index contributed by atoms with van der Waals surface area (Å²) in [6.07, 6.45) is -6.74. The van der Waals surface area contributed by atoms with E-state index < -0.39 is 18.8 Å². The van der Waals surface area contributed by atoms with Crippen molar-refractivity contribution in [3.63, 3.8) is 0 Å². The van der Waals surface area contributed by atoms with Crippen LogP contribution in [-0.4, -0.2) is 30.5 Å². The van der Waals surface area contributed by atoms with Gasteiger partial charge in [-0.25, -0.2) is 0 Å². The minimum atomic E-state index is -4.50. The molecule has 0 aliphatic rings. The molecule has 11 heavy (non-hydrogen) atoms. The van der Waals surface area contributed by atoms with Gasteiger partial charge in [0.1, 0.15) is 0 Å². The first-order chi connectivity index (χ1) is 4.48. The van der Waals surface area contributed by atoms with Crippen molar-refractivity contribution in [2.75, 3.05) is 13.1 Å². The third kappa shape index (κ3) is 6.40. The van der Waals surface area contributed by atoms with Crippen LogP contribution < -0.4 is 5.32 Å². The van der Waals surface area contributed by atoms with E-state index in [1.165, 1.54) is 0 Å². The molecular formula is C5H11ClF3NO. The predicted molar refractivity (Wildman–Crippen MR) is 37.9 cm³/mol. The van der Waals surface area contributed by atoms with Crippen LogP contribution in [0.3, 0.4) is 0 Å². The molecule has 2 nitrogen and oxygen atoms in total. The quantitative estimate of drug-likeness (QED) is 0.699. The van der Waals surface area contributed by atoms with Gasteiger partial charge >= 0.3 is 6.18 Å². The lowest BCUT2D eigenvalue weighted by Gasteiger charge is -2.13. The summed E-state index contributed by atoms with van der Waals surface area (Å²) in [6.45, 7) is 1.66. The Morgan fingerprint density at radius 3 is 2.18 bits per heavy atom. The highest BCUT2D eigenvalue weighted by Crippen LogP contribution is 2.18. The molecule has 1 atom stereocenters. The largest absolute Gasteiger partial charge is 0.415 e. The highest BCUT2D eigenvalue weighted by molar-refractivity contribution is 5.85. The van der Waals surface area contributed by atoms with Gasteiger partial charge in [-0.1, -0.05) is 6.92 Å². The second kappa shape index (κ2) is 5.62. The summed E-state index contributed by atoms with van der Waals surface area (Å²) in [5.74, 6) is 0. The molecule has 0 aromatic heterocycles. The number of alkyl halides is 3. The number of halogens is 4. The molecule has 6 heteroatoms. The van der Waals surface area contributed by atoms with Crippen molar-refractivity contribution in [1.82, 2.24) is 5.32 Å². The highest BCUT2D eigenvalue weighted by Gasteiger charge is 2.37. The van der Waals surface area contributed by atoms with Crippen LogP contribution >= 0.6 is 12.4 Å². The van der Waals surface area contributed by atoms with E-state index in [1.54, 1.807) is 6.92 Å². The summed E-state index contributed by atoms with van der Waals surface area (Å²) in [7, 11) is 0. The topological polar surface area (TPSA) is 32.3 Å². The standard InChI is InChI=1S/C5H10F3NO.ClH/c1-2-9-3-4(10)5(6,7)8;/h4,9-10H,2-3H2,1H3;1H/t4-;/m1./s1. The fourth-order valence-corrected chi connectivity index (χ4v) is 0.397. The van der Waals surface area contributed by atoms with Crippen LogP contribution in [0.5, 0.6) is 0 Å². The number of aliphatic hydroxyl groups excluding tert-OH is 1. The van der Waals surface area contributed by atoms with E-state index in [4.69, 9.17) is 5.11 Å². The zero-order chi connectivity index (χ0) is 8.20. The zero-order valence-corrected chi connectivity index (χ0v) is 6.80. The minimum Gasteiger partial charge on any atom is -0.382 e. The van der Waals surface area contributed by atoms with Gasteiger partial charge in [0, 0.05) is 6.54 Å². The van der Waals surface area contributed by atoms with E-state index in [0.29, 0.717) is 6.54 Å². The van der Waals surface area contributed by atoms with Gasteiger partial charge in [0.25, 0.3) is 0 Å². The van der Waals surface area contributed by atoms with Gasteiger partial charge in [0.05, 0.1) is 0 Å². The van der Waals surface area contributed by atoms with Crippen molar-refractivity contribution in [3.8, 4) is 0 Å². The van der Waals surface area contributed by atoms with Gasteiger partial charge in [0.15, 0.2) is 6.10 Å². The number of hydrogen-bond donors (Lipinski definition) is 2. The van der Waals surface area contributed by atoms with Gasteiger partial charge in [-0.15, -0.1) is 12.4 Å². The maximum absolute atomic E-state index is 11.5. The van der Waals surface area contributed by atoms with Crippen LogP contribution in [0, 0.1) is 0 Å². The first-order valence-electron chi connectivity index (χ1n) is 2.94. The third-order valence-electron chi connectivity index (χ3n) is 0.966. The first-order valence-corrected chi connectivity index (χ1v) is 2.94. The number of rotatable bonds is 3. The molecule has 70 valence electrons. The lowest BCUT2D eigenvalue weighted by Crippen LogP contribution is -2.38. The Bertz CT molecular complexity index is 98.2. The van der Waals surface area contributed by atoms with Crippen LogP contribution in [0.25, 0.3) is 0 Å². The number of nitrogens with one attached hydrogen (secondary N) is 1. The molecule has 0 saturated carbocycles. The van der Waals surface area contributed by atoms with Crippen molar-refractivity contribution < 1.29 is 18.3 Å². The minimum absolute atomic E-state index is 0. The molecule has 0 spiro atoms. The Hall–Kier alpha value is -0.0000000000000000555. The van der Waals surface area contributed by atoms with Crippen LogP contribution in [0.1, 0.15) is 6.92 Å². The Labute approximate surface area is 69.2 Å². The van der Waals surface area contributed by atoms with E-state index in [2.05, 4.69) is 5.32 Å². The lowest BCUT2D eigenvalue weighted by molar-refractivity contribution is -0.201. The van der Waals surface area contributed by atoms with Crippen molar-refractivity contribution in [3.05, 3.63) is 0 Å². The van der Waals surface area contributed by atoms with Crippen LogP contribution in [0.4, 0.5) is 13.2 Å². The highest BCUT2D eigenvalue weighted by atomic mass is 35.5. The molecule has 0 saturated heterocycles. The summed E-state index contributed by atoms with van der Waals surface area (Å²) >= 11 is 0. The Morgan fingerprint density at radius 2 is 1.91 bits per heavy atom. The summed E-state index contributed by atoms with van der Waals surface area (Å²) in [4.78, 5) is 0. The van der Waals surface area contributed by atoms with E-state index in [-0.39, 0.29) is 12.4 Å². The molecule has 0 unspecified atom stereocenters. The van der Waals surface area contributed by atoms with E-state index in [1.807, 2.05) is 0 Å². The fourth-order valence-electron chi connectivity index (χ4n) is 0.397. The lowest BCUT2D eigenvalue weighted by atomic mass is 10.3. The molecular weight excluding hydrogens is 183 g/mol. The number of aliphatic hydroxyl groups is 1. The molecule has 0 amide bonds. The average Bonchev–Trinajstić information content (AvgIpc) is 1.80. The van der Waals surface area contributed by atoms with Crippen LogP contribution in [-0.2, 0) is 0 Å². The molecule has 2 N–H and O–H groups in total. The zero-order valence-electron chi connectivity index (χ0n) is 5.98. The molecule has 0 aliphatic heterocycles. The smallest absolute Gasteiger partial charge is 0.382 e. The third-order valence-corrected chi connectivity index (χ3v) is 0.966. The second-order valence-electron chi connectivity index (χ2n) is 1.87. The monoisotopic (exact) mass is 193 g/mol. The Morgan fingerprint density at radius 1 is 1.45 bits per heavy atom. The normalized spacial score (nSPS) is 13.9. The molecule has 0 aromatic rings. The van der Waals surface area contributed by atoms with Crippen LogP contribution in [0.15, 0.2) is 0 Å². The van der Waals surface area contributed by atoms with Gasteiger partial charge in [-0.3, -0.25) is 0 Å². The summed E-state index contributed by atoms with van der Waals surface area (Å²) in [5, 5.41) is 10.7. The summed E-state index contributed by atoms with van der Waals surface area (Å²) in [5.41, 5.74) is 0. The maximum atomic E-state index is 11.5. The fraction of sp³-hybridized carbons (Fsp3) is 1.00. The van der Waals surface area contributed by atoms with Gasteiger partial charge < -0.3 is 10.4 Å². The predicted octanol–water partition coefficient (Wildman–Crippen LogP) is 0.941. The molecule has 0 bridgehead atoms. The van der Waals surface area contributed by atoms with Crippen molar-refractivity contribution in [2.24, 2.45) is 0 Å². The van der Waals surface area contributed by atoms with Crippen molar-refractivity contribution in [1.29, 1.82) is 0 Å². The van der Waals surface area contributed by atoms with E-state index >= 15 is 0 Å². The van der Waals surface area contributed by atoms with E-state index in [0.717, 1.165) is 0 Å². The number of likely N-dealkylation sites (N-methyl/N-ethyl adjacent to an activating group) is 1. The molecule has 0 heterocycles. The summed E-state index contributed by atoms with van der Waals surface area (Å²) in [6, 6.07) is 0. The van der Waals surface area contributed by atoms with Crippen LogP contribution in [0.2, 0.25) is 0 Å². The van der Waals surface area contributed by atoms with Gasteiger partial charge in [0.2, 0.25) is 0 Å². The average molecular weight is 194 g/mol. The summed E-state index contributed by atoms with van der Waals surface area (Å²) < 4.78 is 34.4. The number of hydrogen-bond acceptors (Lipinski definition) is 2. The Balaban J connectivity index is 0. The molecule has 0 aromatic carbocycles.